The van der Waals surface area contributed by atoms with Gasteiger partial charge < -0.3 is 20.0 Å². The minimum absolute atomic E-state index is 0.0692. The average Bonchev–Trinajstić information content (AvgIpc) is 3.11. The van der Waals surface area contributed by atoms with Gasteiger partial charge in [0, 0.05) is 50.6 Å². The average molecular weight is 330 g/mol. The van der Waals surface area contributed by atoms with Gasteiger partial charge in [0.15, 0.2) is 0 Å². The fourth-order valence-electron chi connectivity index (χ4n) is 3.24. The highest BCUT2D eigenvalue weighted by Crippen LogP contribution is 2.19. The quantitative estimate of drug-likeness (QED) is 0.848. The predicted molar refractivity (Wildman–Crippen MR) is 95.2 cm³/mol. The molecule has 1 aromatic carbocycles. The van der Waals surface area contributed by atoms with Gasteiger partial charge in [-0.15, -0.1) is 0 Å². The number of rotatable bonds is 4. The molecule has 0 saturated carbocycles. The van der Waals surface area contributed by atoms with E-state index in [4.69, 9.17) is 0 Å². The number of benzene rings is 1. The van der Waals surface area contributed by atoms with Crippen LogP contribution in [0.2, 0.25) is 0 Å². The first-order valence-corrected chi connectivity index (χ1v) is 8.73. The van der Waals surface area contributed by atoms with Crippen molar-refractivity contribution < 1.29 is 9.59 Å². The largest absolute Gasteiger partial charge is 0.369 e. The van der Waals surface area contributed by atoms with Gasteiger partial charge in [-0.1, -0.05) is 0 Å². The number of nitrogens with zero attached hydrogens (tertiary/aromatic N) is 3. The van der Waals surface area contributed by atoms with E-state index in [2.05, 4.69) is 22.2 Å². The van der Waals surface area contributed by atoms with Crippen molar-refractivity contribution in [2.45, 2.75) is 19.3 Å². The molecule has 2 fully saturated rings. The molecule has 0 radical (unpaired) electrons. The first-order valence-electron chi connectivity index (χ1n) is 8.73. The van der Waals surface area contributed by atoms with E-state index in [1.165, 1.54) is 5.69 Å². The van der Waals surface area contributed by atoms with Gasteiger partial charge in [0.1, 0.15) is 6.42 Å². The summed E-state index contributed by atoms with van der Waals surface area (Å²) in [5.41, 5.74) is 1.92. The smallest absolute Gasteiger partial charge is 0.233 e. The van der Waals surface area contributed by atoms with E-state index >= 15 is 0 Å². The lowest BCUT2D eigenvalue weighted by Gasteiger charge is -2.34. The Balaban J connectivity index is 1.50. The third-order valence-corrected chi connectivity index (χ3v) is 4.79. The number of hydrogen-bond donors (Lipinski definition) is 1. The summed E-state index contributed by atoms with van der Waals surface area (Å²) in [6.07, 6.45) is 2.02. The van der Waals surface area contributed by atoms with Gasteiger partial charge >= 0.3 is 0 Å². The maximum atomic E-state index is 12.0. The molecule has 2 aliphatic heterocycles. The maximum Gasteiger partial charge on any atom is 0.233 e. The third kappa shape index (κ3) is 4.26. The van der Waals surface area contributed by atoms with Crippen molar-refractivity contribution in [3.05, 3.63) is 24.3 Å². The Morgan fingerprint density at radius 1 is 0.958 bits per heavy atom. The van der Waals surface area contributed by atoms with Crippen LogP contribution >= 0.6 is 0 Å². The minimum atomic E-state index is -0.237. The van der Waals surface area contributed by atoms with Gasteiger partial charge in [-0.2, -0.15) is 0 Å². The summed E-state index contributed by atoms with van der Waals surface area (Å²) >= 11 is 0. The molecule has 0 bridgehead atoms. The number of likely N-dealkylation sites (tertiary alicyclic amines) is 1. The van der Waals surface area contributed by atoms with E-state index in [1.54, 1.807) is 4.90 Å². The Labute approximate surface area is 143 Å². The summed E-state index contributed by atoms with van der Waals surface area (Å²) in [7, 11) is 2.14. The molecule has 3 rings (SSSR count). The van der Waals surface area contributed by atoms with Gasteiger partial charge in [0.25, 0.3) is 0 Å². The molecule has 0 aliphatic carbocycles. The normalized spacial score (nSPS) is 18.7. The number of amides is 2. The van der Waals surface area contributed by atoms with Gasteiger partial charge in [-0.05, 0) is 44.2 Å². The molecule has 2 heterocycles. The summed E-state index contributed by atoms with van der Waals surface area (Å²) in [5, 5.41) is 2.82. The SMILES string of the molecule is CN1CCN(c2ccc(NC(=O)CC(=O)N3CCCC3)cc2)CC1. The summed E-state index contributed by atoms with van der Waals surface area (Å²) < 4.78 is 0. The van der Waals surface area contributed by atoms with E-state index in [-0.39, 0.29) is 18.2 Å². The molecule has 0 atom stereocenters. The number of carbonyl (C=O) groups excluding carboxylic acids is 2. The van der Waals surface area contributed by atoms with Gasteiger partial charge in [-0.25, -0.2) is 0 Å². The van der Waals surface area contributed by atoms with E-state index in [0.29, 0.717) is 0 Å². The van der Waals surface area contributed by atoms with Gasteiger partial charge in [-0.3, -0.25) is 9.59 Å². The lowest BCUT2D eigenvalue weighted by Crippen LogP contribution is -2.44. The first kappa shape index (κ1) is 16.8. The van der Waals surface area contributed by atoms with Gasteiger partial charge in [0.2, 0.25) is 11.8 Å². The number of nitrogens with one attached hydrogen (secondary N) is 1. The molecule has 6 nitrogen and oxygen atoms in total. The van der Waals surface area contributed by atoms with Crippen LogP contribution in [0.3, 0.4) is 0 Å². The van der Waals surface area contributed by atoms with Gasteiger partial charge in [0.05, 0.1) is 0 Å². The second-order valence-corrected chi connectivity index (χ2v) is 6.65. The Hall–Kier alpha value is -2.08. The zero-order valence-electron chi connectivity index (χ0n) is 14.3. The highest BCUT2D eigenvalue weighted by molar-refractivity contribution is 6.03. The standard InChI is InChI=1S/C18H26N4O2/c1-20-10-12-21(13-11-20)16-6-4-15(5-7-16)19-17(23)14-18(24)22-8-2-3-9-22/h4-7H,2-3,8-14H2,1H3,(H,19,23). The fraction of sp³-hybridized carbons (Fsp3) is 0.556. The molecule has 24 heavy (non-hydrogen) atoms. The maximum absolute atomic E-state index is 12.0. The second kappa shape index (κ2) is 7.66. The molecule has 0 spiro atoms. The number of hydrogen-bond acceptors (Lipinski definition) is 4. The molecule has 0 unspecified atom stereocenters. The number of anilines is 2. The summed E-state index contributed by atoms with van der Waals surface area (Å²) in [5.74, 6) is -0.307. The number of carbonyl (C=O) groups is 2. The van der Waals surface area contributed by atoms with Crippen LogP contribution in [-0.2, 0) is 9.59 Å². The van der Waals surface area contributed by atoms with Crippen molar-refractivity contribution in [2.24, 2.45) is 0 Å². The van der Waals surface area contributed by atoms with E-state index < -0.39 is 0 Å². The molecular weight excluding hydrogens is 304 g/mol. The van der Waals surface area contributed by atoms with Crippen LogP contribution in [0.15, 0.2) is 24.3 Å². The molecule has 130 valence electrons. The topological polar surface area (TPSA) is 55.9 Å². The lowest BCUT2D eigenvalue weighted by atomic mass is 10.2. The molecular formula is C18H26N4O2. The molecule has 2 saturated heterocycles. The first-order chi connectivity index (χ1) is 11.6. The van der Waals surface area contributed by atoms with Crippen molar-refractivity contribution in [1.29, 1.82) is 0 Å². The van der Waals surface area contributed by atoms with E-state index in [1.807, 2.05) is 24.3 Å². The minimum Gasteiger partial charge on any atom is -0.369 e. The summed E-state index contributed by atoms with van der Waals surface area (Å²) in [6.45, 7) is 5.74. The Kier molecular flexibility index (Phi) is 5.35. The highest BCUT2D eigenvalue weighted by Gasteiger charge is 2.20. The Bertz CT molecular complexity index is 573. The summed E-state index contributed by atoms with van der Waals surface area (Å²) in [6, 6.07) is 7.88. The predicted octanol–water partition coefficient (Wildman–Crippen LogP) is 1.39. The van der Waals surface area contributed by atoms with Crippen LogP contribution in [0.1, 0.15) is 19.3 Å². The Morgan fingerprint density at radius 3 is 2.21 bits per heavy atom. The van der Waals surface area contributed by atoms with Crippen LogP contribution < -0.4 is 10.2 Å². The van der Waals surface area contributed by atoms with Crippen LogP contribution in [0.25, 0.3) is 0 Å². The van der Waals surface area contributed by atoms with Crippen molar-refractivity contribution in [3.63, 3.8) is 0 Å². The van der Waals surface area contributed by atoms with Crippen molar-refractivity contribution in [1.82, 2.24) is 9.80 Å². The molecule has 0 aromatic heterocycles. The zero-order chi connectivity index (χ0) is 16.9. The fourth-order valence-corrected chi connectivity index (χ4v) is 3.24. The van der Waals surface area contributed by atoms with Crippen LogP contribution in [-0.4, -0.2) is 67.9 Å². The molecule has 2 amide bonds. The molecule has 2 aliphatic rings. The van der Waals surface area contributed by atoms with Crippen molar-refractivity contribution in [3.8, 4) is 0 Å². The zero-order valence-corrected chi connectivity index (χ0v) is 14.3. The van der Waals surface area contributed by atoms with Crippen molar-refractivity contribution in [2.75, 3.05) is 56.5 Å². The highest BCUT2D eigenvalue weighted by atomic mass is 16.2. The Morgan fingerprint density at radius 2 is 1.58 bits per heavy atom. The second-order valence-electron chi connectivity index (χ2n) is 6.65. The third-order valence-electron chi connectivity index (χ3n) is 4.79. The molecule has 1 N–H and O–H groups in total. The van der Waals surface area contributed by atoms with E-state index in [9.17, 15) is 9.59 Å². The van der Waals surface area contributed by atoms with Crippen LogP contribution in [0, 0.1) is 0 Å². The molecule has 6 heteroatoms. The summed E-state index contributed by atoms with van der Waals surface area (Å²) in [4.78, 5) is 30.5. The van der Waals surface area contributed by atoms with Crippen LogP contribution in [0.4, 0.5) is 11.4 Å². The van der Waals surface area contributed by atoms with Crippen molar-refractivity contribution >= 4 is 23.2 Å². The molecule has 1 aromatic rings. The van der Waals surface area contributed by atoms with Crippen LogP contribution in [0.5, 0.6) is 0 Å². The number of piperazine rings is 1. The monoisotopic (exact) mass is 330 g/mol. The lowest BCUT2D eigenvalue weighted by molar-refractivity contribution is -0.133. The number of likely N-dealkylation sites (N-methyl/N-ethyl adjacent to an activating group) is 1. The van der Waals surface area contributed by atoms with E-state index in [0.717, 1.165) is 57.8 Å².